The van der Waals surface area contributed by atoms with Crippen LogP contribution in [0.25, 0.3) is 0 Å². The molecule has 7 heteroatoms. The second-order valence-electron chi connectivity index (χ2n) is 5.03. The number of hydrogen-bond acceptors (Lipinski definition) is 4. The topological polar surface area (TPSA) is 41.0 Å². The Morgan fingerprint density at radius 1 is 1.35 bits per heavy atom. The molecule has 1 N–H and O–H groups in total. The molecule has 1 heterocycles. The van der Waals surface area contributed by atoms with E-state index in [1.807, 2.05) is 6.92 Å². The fourth-order valence-corrected chi connectivity index (χ4v) is 2.03. The quantitative estimate of drug-likeness (QED) is 0.873. The zero-order valence-electron chi connectivity index (χ0n) is 11.7. The van der Waals surface area contributed by atoms with Gasteiger partial charge in [-0.2, -0.15) is 13.2 Å². The Balaban J connectivity index is 2.28. The third kappa shape index (κ3) is 3.98. The van der Waals surface area contributed by atoms with E-state index in [1.165, 1.54) is 4.90 Å². The van der Waals surface area contributed by atoms with Crippen molar-refractivity contribution in [1.29, 1.82) is 0 Å². The van der Waals surface area contributed by atoms with Crippen LogP contribution in [0.15, 0.2) is 6.07 Å². The molecule has 112 valence electrons. The minimum Gasteiger partial charge on any atom is -0.373 e. The predicted octanol–water partition coefficient (Wildman–Crippen LogP) is 3.17. The van der Waals surface area contributed by atoms with Crippen molar-refractivity contribution in [1.82, 2.24) is 9.97 Å². The number of hydrogen-bond donors (Lipinski definition) is 1. The Morgan fingerprint density at radius 3 is 2.55 bits per heavy atom. The molecule has 2 rings (SSSR count). The lowest BCUT2D eigenvalue weighted by atomic mass is 10.3. The average molecular weight is 288 g/mol. The van der Waals surface area contributed by atoms with Gasteiger partial charge in [0, 0.05) is 25.6 Å². The van der Waals surface area contributed by atoms with Gasteiger partial charge in [-0.1, -0.05) is 6.92 Å². The van der Waals surface area contributed by atoms with Crippen LogP contribution in [-0.2, 0) is 0 Å². The van der Waals surface area contributed by atoms with Crippen LogP contribution in [0.2, 0.25) is 0 Å². The highest BCUT2D eigenvalue weighted by molar-refractivity contribution is 5.50. The Kier molecular flexibility index (Phi) is 4.35. The van der Waals surface area contributed by atoms with Crippen molar-refractivity contribution in [3.05, 3.63) is 11.9 Å². The maximum Gasteiger partial charge on any atom is 0.405 e. The number of aromatic nitrogens is 2. The van der Waals surface area contributed by atoms with Crippen molar-refractivity contribution in [3.63, 3.8) is 0 Å². The third-order valence-electron chi connectivity index (χ3n) is 3.12. The van der Waals surface area contributed by atoms with E-state index < -0.39 is 12.7 Å². The molecule has 0 unspecified atom stereocenters. The number of rotatable bonds is 6. The molecule has 0 amide bonds. The summed E-state index contributed by atoms with van der Waals surface area (Å²) in [6, 6.07) is 1.58. The summed E-state index contributed by atoms with van der Waals surface area (Å²) in [5.41, 5.74) is 0. The largest absolute Gasteiger partial charge is 0.405 e. The monoisotopic (exact) mass is 288 g/mol. The van der Waals surface area contributed by atoms with Crippen molar-refractivity contribution >= 4 is 11.6 Å². The predicted molar refractivity (Wildman–Crippen MR) is 72.1 cm³/mol. The summed E-state index contributed by atoms with van der Waals surface area (Å²) in [5, 5.41) is 2.89. The molecule has 0 radical (unpaired) electrons. The van der Waals surface area contributed by atoms with Gasteiger partial charge in [0.2, 0.25) is 0 Å². The van der Waals surface area contributed by atoms with Crippen molar-refractivity contribution in [2.45, 2.75) is 38.3 Å². The summed E-state index contributed by atoms with van der Waals surface area (Å²) in [7, 11) is 1.71. The molecule has 20 heavy (non-hydrogen) atoms. The van der Waals surface area contributed by atoms with E-state index in [1.54, 1.807) is 13.1 Å². The number of nitrogens with one attached hydrogen (secondary N) is 1. The second-order valence-corrected chi connectivity index (χ2v) is 5.03. The molecule has 4 nitrogen and oxygen atoms in total. The Hall–Kier alpha value is -1.53. The molecule has 0 spiro atoms. The van der Waals surface area contributed by atoms with Gasteiger partial charge in [-0.25, -0.2) is 9.97 Å². The first-order chi connectivity index (χ1) is 9.43. The lowest BCUT2D eigenvalue weighted by Crippen LogP contribution is -2.35. The minimum atomic E-state index is -4.24. The van der Waals surface area contributed by atoms with Gasteiger partial charge in [0.1, 0.15) is 24.0 Å². The molecule has 0 atom stereocenters. The van der Waals surface area contributed by atoms with E-state index in [-0.39, 0.29) is 0 Å². The van der Waals surface area contributed by atoms with Crippen LogP contribution in [0.3, 0.4) is 0 Å². The SMILES string of the molecule is CCCN(CC(F)(F)F)c1cc(NC)nc(C2CC2)n1. The summed E-state index contributed by atoms with van der Waals surface area (Å²) in [6.45, 7) is 1.19. The number of halogens is 3. The van der Waals surface area contributed by atoms with E-state index in [0.717, 1.165) is 12.8 Å². The van der Waals surface area contributed by atoms with Crippen molar-refractivity contribution in [3.8, 4) is 0 Å². The van der Waals surface area contributed by atoms with E-state index in [0.29, 0.717) is 36.3 Å². The van der Waals surface area contributed by atoms with E-state index in [9.17, 15) is 13.2 Å². The van der Waals surface area contributed by atoms with Crippen molar-refractivity contribution in [2.24, 2.45) is 0 Å². The van der Waals surface area contributed by atoms with E-state index in [4.69, 9.17) is 0 Å². The normalized spacial score (nSPS) is 15.2. The first kappa shape index (κ1) is 14.9. The Labute approximate surface area is 116 Å². The summed E-state index contributed by atoms with van der Waals surface area (Å²) in [5.74, 6) is 1.87. The highest BCUT2D eigenvalue weighted by Crippen LogP contribution is 2.39. The summed E-state index contributed by atoms with van der Waals surface area (Å²) in [6.07, 6.45) is -1.58. The van der Waals surface area contributed by atoms with Gasteiger partial charge in [-0.15, -0.1) is 0 Å². The van der Waals surface area contributed by atoms with Crippen molar-refractivity contribution < 1.29 is 13.2 Å². The van der Waals surface area contributed by atoms with Crippen molar-refractivity contribution in [2.75, 3.05) is 30.4 Å². The summed E-state index contributed by atoms with van der Waals surface area (Å²) in [4.78, 5) is 9.92. The molecule has 1 aromatic heterocycles. The maximum atomic E-state index is 12.7. The third-order valence-corrected chi connectivity index (χ3v) is 3.12. The van der Waals surface area contributed by atoms with Crippen LogP contribution < -0.4 is 10.2 Å². The van der Waals surface area contributed by atoms with Gasteiger partial charge < -0.3 is 10.2 Å². The fraction of sp³-hybridized carbons (Fsp3) is 0.692. The molecular weight excluding hydrogens is 269 g/mol. The van der Waals surface area contributed by atoms with Gasteiger partial charge in [0.15, 0.2) is 0 Å². The molecule has 0 aromatic carbocycles. The van der Waals surface area contributed by atoms with Gasteiger partial charge in [-0.05, 0) is 19.3 Å². The Morgan fingerprint density at radius 2 is 2.05 bits per heavy atom. The minimum absolute atomic E-state index is 0.302. The standard InChI is InChI=1S/C13H19F3N4/c1-3-6-20(8-13(14,15)16)11-7-10(17-2)18-12(19-11)9-4-5-9/h7,9H,3-6,8H2,1-2H3,(H,17,18,19). The molecular formula is C13H19F3N4. The molecule has 0 aliphatic heterocycles. The van der Waals surface area contributed by atoms with Crippen LogP contribution in [0.4, 0.5) is 24.8 Å². The van der Waals surface area contributed by atoms with Gasteiger partial charge in [0.05, 0.1) is 0 Å². The molecule has 0 bridgehead atoms. The number of nitrogens with zero attached hydrogens (tertiary/aromatic N) is 3. The number of anilines is 2. The lowest BCUT2D eigenvalue weighted by molar-refractivity contribution is -0.119. The van der Waals surface area contributed by atoms with Crippen LogP contribution in [0.1, 0.15) is 37.9 Å². The zero-order valence-corrected chi connectivity index (χ0v) is 11.7. The highest BCUT2D eigenvalue weighted by atomic mass is 19.4. The smallest absolute Gasteiger partial charge is 0.373 e. The second kappa shape index (κ2) is 5.85. The first-order valence-corrected chi connectivity index (χ1v) is 6.81. The molecule has 1 aromatic rings. The highest BCUT2D eigenvalue weighted by Gasteiger charge is 2.32. The number of alkyl halides is 3. The first-order valence-electron chi connectivity index (χ1n) is 6.81. The lowest BCUT2D eigenvalue weighted by Gasteiger charge is -2.25. The molecule has 1 saturated carbocycles. The van der Waals surface area contributed by atoms with E-state index in [2.05, 4.69) is 15.3 Å². The van der Waals surface area contributed by atoms with Crippen LogP contribution in [0, 0.1) is 0 Å². The van der Waals surface area contributed by atoms with Crippen LogP contribution in [0.5, 0.6) is 0 Å². The zero-order chi connectivity index (χ0) is 14.8. The maximum absolute atomic E-state index is 12.7. The molecule has 0 saturated heterocycles. The van der Waals surface area contributed by atoms with Gasteiger partial charge in [-0.3, -0.25) is 0 Å². The molecule has 1 fully saturated rings. The summed E-state index contributed by atoms with van der Waals surface area (Å²) < 4.78 is 38.0. The summed E-state index contributed by atoms with van der Waals surface area (Å²) >= 11 is 0. The van der Waals surface area contributed by atoms with Gasteiger partial charge >= 0.3 is 6.18 Å². The Bertz CT molecular complexity index is 457. The fourth-order valence-electron chi connectivity index (χ4n) is 2.03. The molecule has 1 aliphatic carbocycles. The van der Waals surface area contributed by atoms with Crippen LogP contribution >= 0.6 is 0 Å². The van der Waals surface area contributed by atoms with Crippen LogP contribution in [-0.4, -0.2) is 36.3 Å². The van der Waals surface area contributed by atoms with E-state index >= 15 is 0 Å². The average Bonchev–Trinajstić information content (AvgIpc) is 3.20. The van der Waals surface area contributed by atoms with Gasteiger partial charge in [0.25, 0.3) is 0 Å². The molecule has 1 aliphatic rings.